The first-order valence-electron chi connectivity index (χ1n) is 3.17. The van der Waals surface area contributed by atoms with Crippen molar-refractivity contribution in [2.45, 2.75) is 6.42 Å². The number of aryl methyl sites for hydroxylation is 1. The maximum absolute atomic E-state index is 8.29. The molecule has 0 fully saturated rings. The molecule has 4 nitrogen and oxygen atoms in total. The van der Waals surface area contributed by atoms with Gasteiger partial charge in [0.15, 0.2) is 0 Å². The van der Waals surface area contributed by atoms with E-state index in [9.17, 15) is 0 Å². The van der Waals surface area contributed by atoms with Gasteiger partial charge < -0.3 is 5.41 Å². The molecule has 0 spiro atoms. The van der Waals surface area contributed by atoms with Crippen molar-refractivity contribution in [1.29, 1.82) is 10.7 Å². The van der Waals surface area contributed by atoms with Gasteiger partial charge in [0, 0.05) is 18.8 Å². The van der Waals surface area contributed by atoms with Crippen LogP contribution in [-0.4, -0.2) is 15.5 Å². The highest BCUT2D eigenvalue weighted by molar-refractivity contribution is 5.98. The van der Waals surface area contributed by atoms with Crippen molar-refractivity contribution < 1.29 is 0 Å². The first-order chi connectivity index (χ1) is 5.24. The molecule has 0 saturated heterocycles. The predicted octanol–water partition coefficient (Wildman–Crippen LogP) is 0.702. The van der Waals surface area contributed by atoms with Gasteiger partial charge in [0.1, 0.15) is 0 Å². The van der Waals surface area contributed by atoms with Crippen molar-refractivity contribution in [3.63, 3.8) is 0 Å². The molecule has 0 atom stereocenters. The highest BCUT2D eigenvalue weighted by Gasteiger charge is 2.01. The standard InChI is InChI=1S/C7H8N4/c1-11-5-6(4-10-11)7(9)2-3-8/h4-5,9H,2H2,1H3. The first-order valence-corrected chi connectivity index (χ1v) is 3.17. The highest BCUT2D eigenvalue weighted by Crippen LogP contribution is 1.99. The van der Waals surface area contributed by atoms with Gasteiger partial charge in [-0.25, -0.2) is 0 Å². The largest absolute Gasteiger partial charge is 0.303 e. The summed E-state index contributed by atoms with van der Waals surface area (Å²) < 4.78 is 1.61. The van der Waals surface area contributed by atoms with E-state index in [-0.39, 0.29) is 6.42 Å². The topological polar surface area (TPSA) is 65.5 Å². The number of nitrogens with zero attached hydrogens (tertiary/aromatic N) is 3. The molecule has 4 heteroatoms. The number of rotatable bonds is 2. The van der Waals surface area contributed by atoms with E-state index in [2.05, 4.69) is 5.10 Å². The third-order valence-electron chi connectivity index (χ3n) is 1.31. The molecule has 0 amide bonds. The summed E-state index contributed by atoms with van der Waals surface area (Å²) in [6, 6.07) is 1.91. The summed E-state index contributed by atoms with van der Waals surface area (Å²) in [7, 11) is 1.78. The quantitative estimate of drug-likeness (QED) is 0.627. The fraction of sp³-hybridized carbons (Fsp3) is 0.286. The number of aromatic nitrogens is 2. The second kappa shape index (κ2) is 2.97. The third kappa shape index (κ3) is 1.64. The SMILES string of the molecule is Cn1cc(C(=N)CC#N)cn1. The fourth-order valence-corrected chi connectivity index (χ4v) is 0.758. The van der Waals surface area contributed by atoms with Crippen LogP contribution in [0.25, 0.3) is 0 Å². The van der Waals surface area contributed by atoms with Crippen LogP contribution >= 0.6 is 0 Å². The molecule has 1 aromatic heterocycles. The van der Waals surface area contributed by atoms with Gasteiger partial charge in [0.25, 0.3) is 0 Å². The smallest absolute Gasteiger partial charge is 0.0774 e. The Hall–Kier alpha value is -1.63. The second-order valence-electron chi connectivity index (χ2n) is 2.22. The molecule has 0 aliphatic rings. The van der Waals surface area contributed by atoms with Gasteiger partial charge >= 0.3 is 0 Å². The Morgan fingerprint density at radius 1 is 1.91 bits per heavy atom. The second-order valence-corrected chi connectivity index (χ2v) is 2.22. The van der Waals surface area contributed by atoms with E-state index in [0.717, 1.165) is 0 Å². The Kier molecular flexibility index (Phi) is 2.02. The van der Waals surface area contributed by atoms with Crippen molar-refractivity contribution in [1.82, 2.24) is 9.78 Å². The predicted molar refractivity (Wildman–Crippen MR) is 40.3 cm³/mol. The van der Waals surface area contributed by atoms with Gasteiger partial charge in [-0.05, 0) is 0 Å². The lowest BCUT2D eigenvalue weighted by atomic mass is 10.2. The minimum atomic E-state index is 0.145. The van der Waals surface area contributed by atoms with Crippen LogP contribution in [0.15, 0.2) is 12.4 Å². The average Bonchev–Trinajstić information content (AvgIpc) is 2.36. The maximum Gasteiger partial charge on any atom is 0.0774 e. The van der Waals surface area contributed by atoms with Gasteiger partial charge in [-0.3, -0.25) is 4.68 Å². The molecule has 0 saturated carbocycles. The molecule has 0 aliphatic heterocycles. The van der Waals surface area contributed by atoms with Gasteiger partial charge in [-0.2, -0.15) is 10.4 Å². The molecular formula is C7H8N4. The lowest BCUT2D eigenvalue weighted by molar-refractivity contribution is 0.767. The molecule has 0 bridgehead atoms. The molecule has 1 rings (SSSR count). The van der Waals surface area contributed by atoms with Crippen LogP contribution in [0, 0.1) is 16.7 Å². The van der Waals surface area contributed by atoms with Crippen LogP contribution in [0.4, 0.5) is 0 Å². The van der Waals surface area contributed by atoms with E-state index in [1.165, 1.54) is 0 Å². The zero-order valence-electron chi connectivity index (χ0n) is 6.20. The zero-order chi connectivity index (χ0) is 8.27. The Morgan fingerprint density at radius 3 is 3.09 bits per heavy atom. The summed E-state index contributed by atoms with van der Waals surface area (Å²) in [5.74, 6) is 0. The maximum atomic E-state index is 8.29. The Balaban J connectivity index is 2.78. The van der Waals surface area contributed by atoms with Crippen LogP contribution < -0.4 is 0 Å². The molecule has 0 aromatic carbocycles. The summed E-state index contributed by atoms with van der Waals surface area (Å²) in [6.45, 7) is 0. The molecule has 0 aliphatic carbocycles. The first kappa shape index (κ1) is 7.48. The van der Waals surface area contributed by atoms with Gasteiger partial charge in [-0.1, -0.05) is 0 Å². The van der Waals surface area contributed by atoms with E-state index < -0.39 is 0 Å². The summed E-state index contributed by atoms with van der Waals surface area (Å²) >= 11 is 0. The van der Waals surface area contributed by atoms with E-state index in [0.29, 0.717) is 11.3 Å². The van der Waals surface area contributed by atoms with Crippen molar-refractivity contribution in [3.8, 4) is 6.07 Å². The number of hydrogen-bond donors (Lipinski definition) is 1. The van der Waals surface area contributed by atoms with Gasteiger partial charge in [0.05, 0.1) is 24.4 Å². The normalized spacial score (nSPS) is 9.09. The molecule has 0 radical (unpaired) electrons. The number of nitriles is 1. The summed E-state index contributed by atoms with van der Waals surface area (Å²) in [4.78, 5) is 0. The summed E-state index contributed by atoms with van der Waals surface area (Å²) in [5, 5.41) is 19.5. The lowest BCUT2D eigenvalue weighted by Gasteiger charge is -1.89. The minimum absolute atomic E-state index is 0.145. The van der Waals surface area contributed by atoms with Gasteiger partial charge in [0.2, 0.25) is 0 Å². The van der Waals surface area contributed by atoms with Crippen molar-refractivity contribution in [2.24, 2.45) is 7.05 Å². The number of nitrogens with one attached hydrogen (secondary N) is 1. The number of hydrogen-bond acceptors (Lipinski definition) is 3. The van der Waals surface area contributed by atoms with Crippen LogP contribution in [0.1, 0.15) is 12.0 Å². The van der Waals surface area contributed by atoms with Crippen LogP contribution in [0.5, 0.6) is 0 Å². The monoisotopic (exact) mass is 148 g/mol. The molecule has 0 unspecified atom stereocenters. The summed E-state index contributed by atoms with van der Waals surface area (Å²) in [5.41, 5.74) is 1.04. The Bertz CT molecular complexity index is 304. The lowest BCUT2D eigenvalue weighted by Crippen LogP contribution is -1.94. The molecule has 11 heavy (non-hydrogen) atoms. The average molecular weight is 148 g/mol. The van der Waals surface area contributed by atoms with E-state index in [4.69, 9.17) is 10.7 Å². The fourth-order valence-electron chi connectivity index (χ4n) is 0.758. The zero-order valence-corrected chi connectivity index (χ0v) is 6.20. The van der Waals surface area contributed by atoms with Crippen molar-refractivity contribution >= 4 is 5.71 Å². The Morgan fingerprint density at radius 2 is 2.64 bits per heavy atom. The summed E-state index contributed by atoms with van der Waals surface area (Å²) in [6.07, 6.45) is 3.45. The highest BCUT2D eigenvalue weighted by atomic mass is 15.2. The van der Waals surface area contributed by atoms with E-state index in [1.54, 1.807) is 24.1 Å². The minimum Gasteiger partial charge on any atom is -0.303 e. The van der Waals surface area contributed by atoms with Crippen molar-refractivity contribution in [3.05, 3.63) is 18.0 Å². The van der Waals surface area contributed by atoms with E-state index in [1.807, 2.05) is 6.07 Å². The molecular weight excluding hydrogens is 140 g/mol. The van der Waals surface area contributed by atoms with E-state index >= 15 is 0 Å². The Labute approximate surface area is 64.6 Å². The molecule has 1 heterocycles. The van der Waals surface area contributed by atoms with Crippen LogP contribution in [0.2, 0.25) is 0 Å². The molecule has 1 N–H and O–H groups in total. The third-order valence-corrected chi connectivity index (χ3v) is 1.31. The van der Waals surface area contributed by atoms with Gasteiger partial charge in [-0.15, -0.1) is 0 Å². The van der Waals surface area contributed by atoms with Crippen LogP contribution in [-0.2, 0) is 7.05 Å². The molecule has 1 aromatic rings. The van der Waals surface area contributed by atoms with Crippen molar-refractivity contribution in [2.75, 3.05) is 0 Å². The van der Waals surface area contributed by atoms with Crippen LogP contribution in [0.3, 0.4) is 0 Å². The molecule has 56 valence electrons.